The number of ether oxygens (including phenoxy) is 2. The van der Waals surface area contributed by atoms with Gasteiger partial charge in [0.25, 0.3) is 0 Å². The average molecular weight is 300 g/mol. The fourth-order valence-electron chi connectivity index (χ4n) is 2.16. The van der Waals surface area contributed by atoms with Crippen LogP contribution in [0.1, 0.15) is 24.8 Å². The number of benzene rings is 1. The van der Waals surface area contributed by atoms with Crippen LogP contribution in [0.3, 0.4) is 0 Å². The van der Waals surface area contributed by atoms with E-state index in [1.807, 2.05) is 18.2 Å². The molecule has 1 saturated carbocycles. The second kappa shape index (κ2) is 5.85. The molecule has 0 heterocycles. The Hall–Kier alpha value is -0.580. The molecule has 0 spiro atoms. The lowest BCUT2D eigenvalue weighted by Crippen LogP contribution is -2.31. The Kier molecular flexibility index (Phi) is 4.42. The molecular formula is C13H18BrNO2. The standard InChI is InChI=1S/C13H18BrNO2/c1-16-12-6-5-9(7-10(12)14)8-17-13-4-2-3-11(13)15/h5-7,11,13H,2-4,8,15H2,1H3. The van der Waals surface area contributed by atoms with E-state index in [1.165, 1.54) is 6.42 Å². The minimum atomic E-state index is 0.205. The first-order valence-electron chi connectivity index (χ1n) is 5.90. The minimum Gasteiger partial charge on any atom is -0.496 e. The smallest absolute Gasteiger partial charge is 0.133 e. The van der Waals surface area contributed by atoms with Crippen LogP contribution in [0.15, 0.2) is 22.7 Å². The lowest BCUT2D eigenvalue weighted by molar-refractivity contribution is 0.0357. The van der Waals surface area contributed by atoms with Crippen molar-refractivity contribution >= 4 is 15.9 Å². The van der Waals surface area contributed by atoms with Crippen molar-refractivity contribution in [2.45, 2.75) is 38.0 Å². The van der Waals surface area contributed by atoms with E-state index in [0.29, 0.717) is 6.61 Å². The van der Waals surface area contributed by atoms with E-state index in [-0.39, 0.29) is 12.1 Å². The summed E-state index contributed by atoms with van der Waals surface area (Å²) < 4.78 is 12.0. The average Bonchev–Trinajstić information content (AvgIpc) is 2.72. The maximum absolute atomic E-state index is 5.96. The van der Waals surface area contributed by atoms with Gasteiger partial charge in [-0.2, -0.15) is 0 Å². The molecule has 0 radical (unpaired) electrons. The summed E-state index contributed by atoms with van der Waals surface area (Å²) in [6.45, 7) is 0.612. The summed E-state index contributed by atoms with van der Waals surface area (Å²) >= 11 is 3.47. The van der Waals surface area contributed by atoms with E-state index < -0.39 is 0 Å². The van der Waals surface area contributed by atoms with Crippen LogP contribution in [0.25, 0.3) is 0 Å². The molecule has 17 heavy (non-hydrogen) atoms. The number of hydrogen-bond acceptors (Lipinski definition) is 3. The van der Waals surface area contributed by atoms with Gasteiger partial charge in [0, 0.05) is 6.04 Å². The zero-order valence-electron chi connectivity index (χ0n) is 9.99. The lowest BCUT2D eigenvalue weighted by atomic mass is 10.2. The van der Waals surface area contributed by atoms with E-state index >= 15 is 0 Å². The van der Waals surface area contributed by atoms with Crippen LogP contribution in [-0.2, 0) is 11.3 Å². The van der Waals surface area contributed by atoms with Gasteiger partial charge in [-0.05, 0) is 52.9 Å². The lowest BCUT2D eigenvalue weighted by Gasteiger charge is -2.16. The Labute approximate surface area is 110 Å². The second-order valence-corrected chi connectivity index (χ2v) is 5.27. The van der Waals surface area contributed by atoms with Gasteiger partial charge in [0.1, 0.15) is 5.75 Å². The quantitative estimate of drug-likeness (QED) is 0.930. The molecule has 1 fully saturated rings. The maximum Gasteiger partial charge on any atom is 0.133 e. The maximum atomic E-state index is 5.96. The first kappa shape index (κ1) is 12.9. The van der Waals surface area contributed by atoms with Crippen LogP contribution in [0.2, 0.25) is 0 Å². The van der Waals surface area contributed by atoms with Gasteiger partial charge in [-0.25, -0.2) is 0 Å². The number of nitrogens with two attached hydrogens (primary N) is 1. The molecular weight excluding hydrogens is 282 g/mol. The molecule has 0 saturated heterocycles. The Balaban J connectivity index is 1.92. The highest BCUT2D eigenvalue weighted by Gasteiger charge is 2.24. The third kappa shape index (κ3) is 3.21. The first-order valence-corrected chi connectivity index (χ1v) is 6.69. The van der Waals surface area contributed by atoms with Crippen molar-refractivity contribution in [3.8, 4) is 5.75 Å². The monoisotopic (exact) mass is 299 g/mol. The van der Waals surface area contributed by atoms with Gasteiger partial charge in [0.2, 0.25) is 0 Å². The van der Waals surface area contributed by atoms with Crippen molar-refractivity contribution in [2.24, 2.45) is 5.73 Å². The normalized spacial score (nSPS) is 23.9. The summed E-state index contributed by atoms with van der Waals surface area (Å²) in [5.74, 6) is 0.839. The molecule has 4 heteroatoms. The summed E-state index contributed by atoms with van der Waals surface area (Å²) in [4.78, 5) is 0. The molecule has 94 valence electrons. The fourth-order valence-corrected chi connectivity index (χ4v) is 2.75. The number of hydrogen-bond donors (Lipinski definition) is 1. The molecule has 2 rings (SSSR count). The Morgan fingerprint density at radius 1 is 1.41 bits per heavy atom. The largest absolute Gasteiger partial charge is 0.496 e. The predicted octanol–water partition coefficient (Wildman–Crippen LogP) is 2.85. The molecule has 2 atom stereocenters. The first-order chi connectivity index (χ1) is 8.20. The van der Waals surface area contributed by atoms with Crippen LogP contribution in [0.5, 0.6) is 5.75 Å². The Bertz CT molecular complexity index is 384. The molecule has 1 aromatic rings. The number of rotatable bonds is 4. The van der Waals surface area contributed by atoms with Crippen LogP contribution in [-0.4, -0.2) is 19.3 Å². The van der Waals surface area contributed by atoms with Gasteiger partial charge in [0.05, 0.1) is 24.3 Å². The van der Waals surface area contributed by atoms with E-state index in [2.05, 4.69) is 15.9 Å². The van der Waals surface area contributed by atoms with Crippen molar-refractivity contribution in [3.05, 3.63) is 28.2 Å². The van der Waals surface area contributed by atoms with Gasteiger partial charge in [-0.15, -0.1) is 0 Å². The topological polar surface area (TPSA) is 44.5 Å². The summed E-state index contributed by atoms with van der Waals surface area (Å²) in [6, 6.07) is 6.19. The molecule has 0 aromatic heterocycles. The van der Waals surface area contributed by atoms with Crippen LogP contribution < -0.4 is 10.5 Å². The zero-order chi connectivity index (χ0) is 12.3. The van der Waals surface area contributed by atoms with Gasteiger partial charge in [-0.1, -0.05) is 6.07 Å². The Morgan fingerprint density at radius 2 is 2.24 bits per heavy atom. The van der Waals surface area contributed by atoms with Crippen molar-refractivity contribution < 1.29 is 9.47 Å². The van der Waals surface area contributed by atoms with Crippen molar-refractivity contribution in [1.82, 2.24) is 0 Å². The zero-order valence-corrected chi connectivity index (χ0v) is 11.6. The molecule has 3 nitrogen and oxygen atoms in total. The van der Waals surface area contributed by atoms with Crippen LogP contribution in [0.4, 0.5) is 0 Å². The van der Waals surface area contributed by atoms with Crippen LogP contribution in [0, 0.1) is 0 Å². The van der Waals surface area contributed by atoms with Crippen LogP contribution >= 0.6 is 15.9 Å². The van der Waals surface area contributed by atoms with Crippen molar-refractivity contribution in [3.63, 3.8) is 0 Å². The molecule has 0 amide bonds. The highest BCUT2D eigenvalue weighted by Crippen LogP contribution is 2.27. The molecule has 1 aromatic carbocycles. The number of halogens is 1. The Morgan fingerprint density at radius 3 is 2.82 bits per heavy atom. The van der Waals surface area contributed by atoms with Gasteiger partial charge >= 0.3 is 0 Å². The number of methoxy groups -OCH3 is 1. The predicted molar refractivity (Wildman–Crippen MR) is 71.1 cm³/mol. The molecule has 0 aliphatic heterocycles. The third-order valence-corrected chi connectivity index (χ3v) is 3.80. The third-order valence-electron chi connectivity index (χ3n) is 3.18. The summed E-state index contributed by atoms with van der Waals surface area (Å²) in [5.41, 5.74) is 7.10. The summed E-state index contributed by atoms with van der Waals surface area (Å²) in [6.07, 6.45) is 3.56. The molecule has 1 aliphatic rings. The van der Waals surface area contributed by atoms with Gasteiger partial charge in [0.15, 0.2) is 0 Å². The molecule has 1 aliphatic carbocycles. The van der Waals surface area contributed by atoms with E-state index in [9.17, 15) is 0 Å². The van der Waals surface area contributed by atoms with E-state index in [0.717, 1.165) is 28.6 Å². The summed E-state index contributed by atoms with van der Waals surface area (Å²) in [5, 5.41) is 0. The molecule has 2 N–H and O–H groups in total. The highest BCUT2D eigenvalue weighted by atomic mass is 79.9. The van der Waals surface area contributed by atoms with E-state index in [4.69, 9.17) is 15.2 Å². The second-order valence-electron chi connectivity index (χ2n) is 4.41. The van der Waals surface area contributed by atoms with Crippen molar-refractivity contribution in [1.29, 1.82) is 0 Å². The van der Waals surface area contributed by atoms with Gasteiger partial charge in [-0.3, -0.25) is 0 Å². The highest BCUT2D eigenvalue weighted by molar-refractivity contribution is 9.10. The van der Waals surface area contributed by atoms with E-state index in [1.54, 1.807) is 7.11 Å². The molecule has 0 bridgehead atoms. The fraction of sp³-hybridized carbons (Fsp3) is 0.538. The summed E-state index contributed by atoms with van der Waals surface area (Å²) in [7, 11) is 1.66. The SMILES string of the molecule is COc1ccc(COC2CCCC2N)cc1Br. The minimum absolute atomic E-state index is 0.205. The van der Waals surface area contributed by atoms with Gasteiger partial charge < -0.3 is 15.2 Å². The molecule has 2 unspecified atom stereocenters. The van der Waals surface area contributed by atoms with Crippen molar-refractivity contribution in [2.75, 3.05) is 7.11 Å².